The molecular weight excluding hydrogens is 270 g/mol. The van der Waals surface area contributed by atoms with E-state index in [0.29, 0.717) is 13.2 Å². The molecule has 0 bridgehead atoms. The first-order valence-corrected chi connectivity index (χ1v) is 6.87. The molecule has 0 N–H and O–H groups in total. The third kappa shape index (κ3) is 5.69. The van der Waals surface area contributed by atoms with E-state index in [-0.39, 0.29) is 12.5 Å². The van der Waals surface area contributed by atoms with Gasteiger partial charge in [0.2, 0.25) is 5.91 Å². The summed E-state index contributed by atoms with van der Waals surface area (Å²) in [6.07, 6.45) is 3.14. The molecule has 0 radical (unpaired) electrons. The van der Waals surface area contributed by atoms with Crippen molar-refractivity contribution in [2.75, 3.05) is 26.8 Å². The second kappa shape index (κ2) is 8.79. The van der Waals surface area contributed by atoms with Gasteiger partial charge in [0.1, 0.15) is 12.3 Å². The second-order valence-corrected chi connectivity index (χ2v) is 4.27. The van der Waals surface area contributed by atoms with Crippen LogP contribution < -0.4 is 4.74 Å². The Morgan fingerprint density at radius 3 is 2.67 bits per heavy atom. The Morgan fingerprint density at radius 2 is 2.05 bits per heavy atom. The Hall–Kier alpha value is -2.30. The molecule has 114 valence electrons. The molecule has 1 aromatic rings. The van der Waals surface area contributed by atoms with E-state index in [4.69, 9.17) is 9.47 Å². The van der Waals surface area contributed by atoms with Crippen LogP contribution in [0, 0.1) is 0 Å². The minimum atomic E-state index is -0.400. The molecule has 0 fully saturated rings. The van der Waals surface area contributed by atoms with Crippen LogP contribution in [0.4, 0.5) is 0 Å². The summed E-state index contributed by atoms with van der Waals surface area (Å²) >= 11 is 0. The first kappa shape index (κ1) is 16.8. The Morgan fingerprint density at radius 1 is 1.29 bits per heavy atom. The molecule has 0 aliphatic heterocycles. The monoisotopic (exact) mass is 291 g/mol. The summed E-state index contributed by atoms with van der Waals surface area (Å²) in [5, 5.41) is 0. The fourth-order valence-electron chi connectivity index (χ4n) is 1.73. The molecule has 0 spiro atoms. The summed E-state index contributed by atoms with van der Waals surface area (Å²) in [6, 6.07) is 7.37. The molecule has 0 saturated carbocycles. The summed E-state index contributed by atoms with van der Waals surface area (Å²) < 4.78 is 9.96. The molecular formula is C16H21NO4. The summed E-state index contributed by atoms with van der Waals surface area (Å²) in [4.78, 5) is 24.9. The third-order valence-corrected chi connectivity index (χ3v) is 2.83. The van der Waals surface area contributed by atoms with Crippen LogP contribution in [0.2, 0.25) is 0 Å². The highest BCUT2D eigenvalue weighted by Gasteiger charge is 2.13. The lowest BCUT2D eigenvalue weighted by molar-refractivity contribution is -0.147. The summed E-state index contributed by atoms with van der Waals surface area (Å²) in [6.45, 7) is 4.27. The minimum Gasteiger partial charge on any atom is -0.497 e. The summed E-state index contributed by atoms with van der Waals surface area (Å²) in [5.74, 6) is 0.0966. The van der Waals surface area contributed by atoms with Crippen LogP contribution in [0.3, 0.4) is 0 Å². The fraction of sp³-hybridized carbons (Fsp3) is 0.375. The van der Waals surface area contributed by atoms with Crippen molar-refractivity contribution in [2.24, 2.45) is 0 Å². The van der Waals surface area contributed by atoms with E-state index in [0.717, 1.165) is 11.3 Å². The van der Waals surface area contributed by atoms with Gasteiger partial charge in [0.25, 0.3) is 0 Å². The highest BCUT2D eigenvalue weighted by atomic mass is 16.5. The van der Waals surface area contributed by atoms with Crippen LogP contribution in [-0.4, -0.2) is 43.6 Å². The maximum absolute atomic E-state index is 12.0. The molecule has 5 heteroatoms. The number of hydrogen-bond acceptors (Lipinski definition) is 4. The molecule has 1 rings (SSSR count). The van der Waals surface area contributed by atoms with Gasteiger partial charge in [-0.1, -0.05) is 12.1 Å². The molecule has 0 aliphatic carbocycles. The van der Waals surface area contributed by atoms with Crippen molar-refractivity contribution in [3.63, 3.8) is 0 Å². The molecule has 1 amide bonds. The van der Waals surface area contributed by atoms with Crippen LogP contribution >= 0.6 is 0 Å². The molecule has 1 aromatic carbocycles. The normalized spacial score (nSPS) is 10.4. The number of hydrogen-bond donors (Lipinski definition) is 0. The number of rotatable bonds is 7. The highest BCUT2D eigenvalue weighted by Crippen LogP contribution is 2.13. The lowest BCUT2D eigenvalue weighted by Gasteiger charge is -2.17. The number of carbonyl (C=O) groups excluding carboxylic acids is 2. The van der Waals surface area contributed by atoms with E-state index < -0.39 is 5.97 Å². The van der Waals surface area contributed by atoms with E-state index in [1.807, 2.05) is 31.2 Å². The predicted molar refractivity (Wildman–Crippen MR) is 80.9 cm³/mol. The zero-order valence-electron chi connectivity index (χ0n) is 12.7. The van der Waals surface area contributed by atoms with Crippen LogP contribution in [0.5, 0.6) is 5.75 Å². The highest BCUT2D eigenvalue weighted by molar-refractivity contribution is 5.93. The number of esters is 1. The number of benzene rings is 1. The van der Waals surface area contributed by atoms with Crippen molar-refractivity contribution in [3.05, 3.63) is 35.9 Å². The van der Waals surface area contributed by atoms with Crippen molar-refractivity contribution < 1.29 is 19.1 Å². The Bertz CT molecular complexity index is 511. The van der Waals surface area contributed by atoms with E-state index in [1.165, 1.54) is 11.0 Å². The van der Waals surface area contributed by atoms with Crippen LogP contribution in [0.15, 0.2) is 30.3 Å². The fourth-order valence-corrected chi connectivity index (χ4v) is 1.73. The number of methoxy groups -OCH3 is 1. The lowest BCUT2D eigenvalue weighted by atomic mass is 10.2. The van der Waals surface area contributed by atoms with Gasteiger partial charge in [-0.15, -0.1) is 0 Å². The molecule has 5 nitrogen and oxygen atoms in total. The molecule has 0 heterocycles. The van der Waals surface area contributed by atoms with Crippen molar-refractivity contribution >= 4 is 18.0 Å². The summed E-state index contributed by atoms with van der Waals surface area (Å²) in [7, 11) is 1.59. The Labute approximate surface area is 125 Å². The van der Waals surface area contributed by atoms with Gasteiger partial charge in [-0.25, -0.2) is 0 Å². The lowest BCUT2D eigenvalue weighted by Crippen LogP contribution is -2.35. The van der Waals surface area contributed by atoms with Crippen molar-refractivity contribution in [1.29, 1.82) is 0 Å². The number of carbonyl (C=O) groups is 2. The average Bonchev–Trinajstić information content (AvgIpc) is 2.50. The van der Waals surface area contributed by atoms with E-state index >= 15 is 0 Å². The molecule has 0 unspecified atom stereocenters. The third-order valence-electron chi connectivity index (χ3n) is 2.83. The average molecular weight is 291 g/mol. The van der Waals surface area contributed by atoms with Crippen molar-refractivity contribution in [1.82, 2.24) is 4.90 Å². The zero-order valence-corrected chi connectivity index (χ0v) is 12.7. The maximum Gasteiger partial charge on any atom is 0.325 e. The van der Waals surface area contributed by atoms with Gasteiger partial charge in [0, 0.05) is 12.6 Å². The van der Waals surface area contributed by atoms with Crippen LogP contribution in [0.25, 0.3) is 6.08 Å². The quantitative estimate of drug-likeness (QED) is 0.570. The smallest absolute Gasteiger partial charge is 0.325 e. The van der Waals surface area contributed by atoms with Gasteiger partial charge >= 0.3 is 5.97 Å². The van der Waals surface area contributed by atoms with Crippen molar-refractivity contribution in [2.45, 2.75) is 13.8 Å². The minimum absolute atomic E-state index is 0.0361. The largest absolute Gasteiger partial charge is 0.497 e. The number of likely N-dealkylation sites (N-methyl/N-ethyl adjacent to an activating group) is 1. The van der Waals surface area contributed by atoms with Gasteiger partial charge in [-0.2, -0.15) is 0 Å². The molecule has 0 saturated heterocycles. The predicted octanol–water partition coefficient (Wildman–Crippen LogP) is 2.12. The van der Waals surface area contributed by atoms with Gasteiger partial charge < -0.3 is 14.4 Å². The van der Waals surface area contributed by atoms with E-state index in [2.05, 4.69) is 0 Å². The molecule has 0 aliphatic rings. The van der Waals surface area contributed by atoms with Gasteiger partial charge in [0.05, 0.1) is 13.7 Å². The van der Waals surface area contributed by atoms with E-state index in [1.54, 1.807) is 20.1 Å². The van der Waals surface area contributed by atoms with E-state index in [9.17, 15) is 9.59 Å². The van der Waals surface area contributed by atoms with Crippen molar-refractivity contribution in [3.8, 4) is 5.75 Å². The zero-order chi connectivity index (χ0) is 15.7. The Balaban J connectivity index is 2.68. The topological polar surface area (TPSA) is 55.8 Å². The second-order valence-electron chi connectivity index (χ2n) is 4.27. The molecule has 0 atom stereocenters. The first-order chi connectivity index (χ1) is 10.1. The van der Waals surface area contributed by atoms with Gasteiger partial charge in [-0.3, -0.25) is 9.59 Å². The summed E-state index contributed by atoms with van der Waals surface area (Å²) in [5.41, 5.74) is 0.856. The van der Waals surface area contributed by atoms with Gasteiger partial charge in [0.15, 0.2) is 0 Å². The Kier molecular flexibility index (Phi) is 7.01. The van der Waals surface area contributed by atoms with Crippen LogP contribution in [-0.2, 0) is 14.3 Å². The molecule has 0 aromatic heterocycles. The molecule has 21 heavy (non-hydrogen) atoms. The first-order valence-electron chi connectivity index (χ1n) is 6.87. The number of amides is 1. The standard InChI is InChI=1S/C16H21NO4/c1-4-17(12-16(19)21-5-2)15(18)10-9-13-7-6-8-14(11-13)20-3/h6-11H,4-5,12H2,1-3H3/b10-9+. The van der Waals surface area contributed by atoms with Crippen LogP contribution in [0.1, 0.15) is 19.4 Å². The maximum atomic E-state index is 12.0. The SMILES string of the molecule is CCOC(=O)CN(CC)C(=O)/C=C/c1cccc(OC)c1. The number of ether oxygens (including phenoxy) is 2. The number of nitrogens with zero attached hydrogens (tertiary/aromatic N) is 1. The van der Waals surface area contributed by atoms with Gasteiger partial charge in [-0.05, 0) is 37.6 Å².